The van der Waals surface area contributed by atoms with E-state index in [9.17, 15) is 0 Å². The van der Waals surface area contributed by atoms with Crippen molar-refractivity contribution < 1.29 is 0 Å². The fourth-order valence-electron chi connectivity index (χ4n) is 2.89. The molecule has 1 aliphatic carbocycles. The topological polar surface area (TPSA) is 43.8 Å². The summed E-state index contributed by atoms with van der Waals surface area (Å²) in [6.07, 6.45) is 7.30. The molecule has 0 radical (unpaired) electrons. The third-order valence-electron chi connectivity index (χ3n) is 4.00. The summed E-state index contributed by atoms with van der Waals surface area (Å²) in [6.45, 7) is 2.02. The molecule has 4 heteroatoms. The first-order valence-electron chi connectivity index (χ1n) is 6.53. The molecule has 96 valence electrons. The van der Waals surface area contributed by atoms with E-state index in [-0.39, 0.29) is 0 Å². The zero-order valence-electron chi connectivity index (χ0n) is 10.7. The number of hydrogen-bond donors (Lipinski definition) is 1. The number of nitrogens with two attached hydrogens (primary N) is 1. The van der Waals surface area contributed by atoms with E-state index in [4.69, 9.17) is 17.3 Å². The molecule has 1 unspecified atom stereocenters. The van der Waals surface area contributed by atoms with Gasteiger partial charge in [0.15, 0.2) is 0 Å². The Morgan fingerprint density at radius 3 is 2.65 bits per heavy atom. The molecule has 3 nitrogen and oxygen atoms in total. The van der Waals surface area contributed by atoms with E-state index in [2.05, 4.69) is 5.10 Å². The SMILES string of the molecule is Cc1nn(C)c(Cl)c1CCC(N)C1CCCC1. The van der Waals surface area contributed by atoms with E-state index in [0.29, 0.717) is 6.04 Å². The van der Waals surface area contributed by atoms with Crippen molar-refractivity contribution in [1.82, 2.24) is 9.78 Å². The Labute approximate surface area is 108 Å². The van der Waals surface area contributed by atoms with Crippen LogP contribution in [0.15, 0.2) is 0 Å². The first kappa shape index (κ1) is 12.9. The predicted molar refractivity (Wildman–Crippen MR) is 71.2 cm³/mol. The van der Waals surface area contributed by atoms with Crippen molar-refractivity contribution in [2.75, 3.05) is 0 Å². The second-order valence-electron chi connectivity index (χ2n) is 5.23. The van der Waals surface area contributed by atoms with Crippen LogP contribution < -0.4 is 5.73 Å². The van der Waals surface area contributed by atoms with Gasteiger partial charge in [-0.05, 0) is 38.5 Å². The van der Waals surface area contributed by atoms with Crippen LogP contribution in [-0.2, 0) is 13.5 Å². The Kier molecular flexibility index (Phi) is 4.10. The first-order chi connectivity index (χ1) is 8.09. The van der Waals surface area contributed by atoms with E-state index in [1.54, 1.807) is 4.68 Å². The number of halogens is 1. The summed E-state index contributed by atoms with van der Waals surface area (Å²) in [5.41, 5.74) is 8.47. The van der Waals surface area contributed by atoms with Crippen LogP contribution in [0.4, 0.5) is 0 Å². The average molecular weight is 256 g/mol. The third kappa shape index (κ3) is 2.83. The number of hydrogen-bond acceptors (Lipinski definition) is 2. The Hall–Kier alpha value is -0.540. The lowest BCUT2D eigenvalue weighted by Gasteiger charge is -2.18. The number of aromatic nitrogens is 2. The zero-order valence-corrected chi connectivity index (χ0v) is 11.5. The van der Waals surface area contributed by atoms with Crippen LogP contribution in [0, 0.1) is 12.8 Å². The summed E-state index contributed by atoms with van der Waals surface area (Å²) in [6, 6.07) is 0.327. The lowest BCUT2D eigenvalue weighted by molar-refractivity contribution is 0.410. The summed E-state index contributed by atoms with van der Waals surface area (Å²) >= 11 is 6.22. The van der Waals surface area contributed by atoms with Gasteiger partial charge in [0.25, 0.3) is 0 Å². The highest BCUT2D eigenvalue weighted by molar-refractivity contribution is 6.30. The summed E-state index contributed by atoms with van der Waals surface area (Å²) in [4.78, 5) is 0. The fourth-order valence-corrected chi connectivity index (χ4v) is 3.16. The molecule has 1 atom stereocenters. The number of aryl methyl sites for hydroxylation is 2. The van der Waals surface area contributed by atoms with Gasteiger partial charge in [0, 0.05) is 18.7 Å². The normalized spacial score (nSPS) is 18.8. The third-order valence-corrected chi connectivity index (χ3v) is 4.48. The van der Waals surface area contributed by atoms with Crippen LogP contribution in [-0.4, -0.2) is 15.8 Å². The minimum absolute atomic E-state index is 0.327. The van der Waals surface area contributed by atoms with Gasteiger partial charge in [-0.15, -0.1) is 0 Å². The van der Waals surface area contributed by atoms with Crippen LogP contribution in [0.3, 0.4) is 0 Å². The van der Waals surface area contributed by atoms with Crippen molar-refractivity contribution in [3.63, 3.8) is 0 Å². The van der Waals surface area contributed by atoms with Crippen molar-refractivity contribution >= 4 is 11.6 Å². The molecule has 1 aliphatic rings. The van der Waals surface area contributed by atoms with E-state index in [0.717, 1.165) is 29.6 Å². The van der Waals surface area contributed by atoms with E-state index >= 15 is 0 Å². The standard InChI is InChI=1S/C13H22ClN3/c1-9-11(13(14)17(2)16-9)7-8-12(15)10-5-3-4-6-10/h10,12H,3-8,15H2,1-2H3. The van der Waals surface area contributed by atoms with Crippen molar-refractivity contribution in [1.29, 1.82) is 0 Å². The lowest BCUT2D eigenvalue weighted by Crippen LogP contribution is -2.28. The highest BCUT2D eigenvalue weighted by atomic mass is 35.5. The van der Waals surface area contributed by atoms with Crippen LogP contribution in [0.5, 0.6) is 0 Å². The van der Waals surface area contributed by atoms with Gasteiger partial charge < -0.3 is 5.73 Å². The first-order valence-corrected chi connectivity index (χ1v) is 6.91. The van der Waals surface area contributed by atoms with Gasteiger partial charge in [0.05, 0.1) is 5.69 Å². The van der Waals surface area contributed by atoms with Crippen molar-refractivity contribution in [2.45, 2.75) is 51.5 Å². The summed E-state index contributed by atoms with van der Waals surface area (Å²) in [5.74, 6) is 0.728. The van der Waals surface area contributed by atoms with Crippen LogP contribution in [0.2, 0.25) is 5.15 Å². The van der Waals surface area contributed by atoms with Crippen molar-refractivity contribution in [2.24, 2.45) is 18.7 Å². The average Bonchev–Trinajstić information content (AvgIpc) is 2.88. The smallest absolute Gasteiger partial charge is 0.130 e. The maximum atomic E-state index is 6.26. The fraction of sp³-hybridized carbons (Fsp3) is 0.769. The largest absolute Gasteiger partial charge is 0.327 e. The van der Waals surface area contributed by atoms with E-state index in [1.165, 1.54) is 31.2 Å². The molecule has 0 saturated heterocycles. The van der Waals surface area contributed by atoms with E-state index in [1.807, 2.05) is 14.0 Å². The van der Waals surface area contributed by atoms with Crippen LogP contribution in [0.25, 0.3) is 0 Å². The Balaban J connectivity index is 1.92. The second-order valence-corrected chi connectivity index (χ2v) is 5.58. The molecular formula is C13H22ClN3. The van der Waals surface area contributed by atoms with Gasteiger partial charge in [-0.2, -0.15) is 5.10 Å². The summed E-state index contributed by atoms with van der Waals surface area (Å²) in [7, 11) is 1.88. The Morgan fingerprint density at radius 1 is 1.47 bits per heavy atom. The molecule has 0 amide bonds. The Bertz CT molecular complexity index is 380. The molecular weight excluding hydrogens is 234 g/mol. The van der Waals surface area contributed by atoms with Crippen LogP contribution >= 0.6 is 11.6 Å². The molecule has 17 heavy (non-hydrogen) atoms. The molecule has 1 fully saturated rings. The molecule has 1 aromatic rings. The van der Waals surface area contributed by atoms with Crippen LogP contribution in [0.1, 0.15) is 43.4 Å². The molecule has 1 saturated carbocycles. The van der Waals surface area contributed by atoms with Gasteiger partial charge in [0.2, 0.25) is 0 Å². The molecule has 0 bridgehead atoms. The molecule has 2 rings (SSSR count). The maximum Gasteiger partial charge on any atom is 0.130 e. The minimum atomic E-state index is 0.327. The Morgan fingerprint density at radius 2 is 2.12 bits per heavy atom. The van der Waals surface area contributed by atoms with Gasteiger partial charge in [-0.1, -0.05) is 24.4 Å². The lowest BCUT2D eigenvalue weighted by atomic mass is 9.93. The molecule has 0 aliphatic heterocycles. The summed E-state index contributed by atoms with van der Waals surface area (Å²) < 4.78 is 1.74. The van der Waals surface area contributed by atoms with Gasteiger partial charge in [-0.25, -0.2) is 0 Å². The minimum Gasteiger partial charge on any atom is -0.327 e. The zero-order chi connectivity index (χ0) is 12.4. The van der Waals surface area contributed by atoms with E-state index < -0.39 is 0 Å². The van der Waals surface area contributed by atoms with Gasteiger partial charge >= 0.3 is 0 Å². The molecule has 1 heterocycles. The van der Waals surface area contributed by atoms with Crippen molar-refractivity contribution in [3.05, 3.63) is 16.4 Å². The van der Waals surface area contributed by atoms with Crippen molar-refractivity contribution in [3.8, 4) is 0 Å². The summed E-state index contributed by atoms with van der Waals surface area (Å²) in [5, 5.41) is 5.09. The molecule has 0 spiro atoms. The highest BCUT2D eigenvalue weighted by Crippen LogP contribution is 2.29. The molecule has 2 N–H and O–H groups in total. The van der Waals surface area contributed by atoms with Gasteiger partial charge in [0.1, 0.15) is 5.15 Å². The molecule has 0 aromatic carbocycles. The number of rotatable bonds is 4. The quantitative estimate of drug-likeness (QED) is 0.899. The molecule has 1 aromatic heterocycles. The highest BCUT2D eigenvalue weighted by Gasteiger charge is 2.22. The maximum absolute atomic E-state index is 6.26. The van der Waals surface area contributed by atoms with Gasteiger partial charge in [-0.3, -0.25) is 4.68 Å². The monoisotopic (exact) mass is 255 g/mol. The predicted octanol–water partition coefficient (Wildman–Crippen LogP) is 2.83. The second kappa shape index (κ2) is 5.40. The number of nitrogens with zero attached hydrogens (tertiary/aromatic N) is 2.